The van der Waals surface area contributed by atoms with Crippen LogP contribution >= 0.6 is 0 Å². The van der Waals surface area contributed by atoms with Crippen molar-refractivity contribution < 1.29 is 23.9 Å². The van der Waals surface area contributed by atoms with Crippen molar-refractivity contribution in [1.82, 2.24) is 9.80 Å². The van der Waals surface area contributed by atoms with Gasteiger partial charge in [0.15, 0.2) is 6.10 Å². The van der Waals surface area contributed by atoms with Gasteiger partial charge < -0.3 is 19.3 Å². The fourth-order valence-corrected chi connectivity index (χ4v) is 3.66. The van der Waals surface area contributed by atoms with E-state index >= 15 is 0 Å². The van der Waals surface area contributed by atoms with E-state index < -0.39 is 6.10 Å². The Morgan fingerprint density at radius 2 is 1.68 bits per heavy atom. The minimum Gasteiger partial charge on any atom is -0.452 e. The van der Waals surface area contributed by atoms with Crippen LogP contribution in [0.15, 0.2) is 24.3 Å². The Hall–Kier alpha value is -2.41. The SMILES string of the molecule is Cc1ccccc1C(=O)N1CCC(C(=O)O[C@H](C)C(=O)N2CCOCC2)CC1. The van der Waals surface area contributed by atoms with Crippen molar-refractivity contribution in [2.24, 2.45) is 5.92 Å². The molecule has 2 amide bonds. The van der Waals surface area contributed by atoms with Crippen LogP contribution in [-0.2, 0) is 19.1 Å². The molecule has 28 heavy (non-hydrogen) atoms. The number of likely N-dealkylation sites (tertiary alicyclic amines) is 1. The number of hydrogen-bond donors (Lipinski definition) is 0. The van der Waals surface area contributed by atoms with Gasteiger partial charge in [0.1, 0.15) is 0 Å². The molecule has 1 aromatic carbocycles. The van der Waals surface area contributed by atoms with Gasteiger partial charge in [0.05, 0.1) is 19.1 Å². The number of hydrogen-bond acceptors (Lipinski definition) is 5. The van der Waals surface area contributed by atoms with Gasteiger partial charge >= 0.3 is 5.97 Å². The maximum atomic E-state index is 12.7. The maximum absolute atomic E-state index is 12.7. The van der Waals surface area contributed by atoms with E-state index in [0.29, 0.717) is 57.8 Å². The smallest absolute Gasteiger partial charge is 0.309 e. The van der Waals surface area contributed by atoms with Gasteiger partial charge in [-0.25, -0.2) is 0 Å². The van der Waals surface area contributed by atoms with E-state index in [1.165, 1.54) is 0 Å². The highest BCUT2D eigenvalue weighted by Gasteiger charge is 2.32. The second-order valence-corrected chi connectivity index (χ2v) is 7.40. The summed E-state index contributed by atoms with van der Waals surface area (Å²) < 4.78 is 10.7. The van der Waals surface area contributed by atoms with E-state index in [9.17, 15) is 14.4 Å². The molecular weight excluding hydrogens is 360 g/mol. The largest absolute Gasteiger partial charge is 0.452 e. The maximum Gasteiger partial charge on any atom is 0.309 e. The summed E-state index contributed by atoms with van der Waals surface area (Å²) in [6.07, 6.45) is 0.307. The first-order valence-corrected chi connectivity index (χ1v) is 9.89. The van der Waals surface area contributed by atoms with Gasteiger partial charge in [0, 0.05) is 31.7 Å². The number of piperidine rings is 1. The summed E-state index contributed by atoms with van der Waals surface area (Å²) in [6, 6.07) is 7.52. The zero-order chi connectivity index (χ0) is 20.1. The Kier molecular flexibility index (Phi) is 6.67. The summed E-state index contributed by atoms with van der Waals surface area (Å²) in [5.41, 5.74) is 1.65. The Morgan fingerprint density at radius 1 is 1.04 bits per heavy atom. The van der Waals surface area contributed by atoms with Crippen molar-refractivity contribution in [3.8, 4) is 0 Å². The second kappa shape index (κ2) is 9.19. The molecule has 2 heterocycles. The summed E-state index contributed by atoms with van der Waals surface area (Å²) in [4.78, 5) is 41.0. The average Bonchev–Trinajstić information content (AvgIpc) is 2.73. The number of esters is 1. The lowest BCUT2D eigenvalue weighted by Crippen LogP contribution is -2.47. The second-order valence-electron chi connectivity index (χ2n) is 7.40. The molecule has 0 unspecified atom stereocenters. The van der Waals surface area contributed by atoms with Crippen LogP contribution in [0.3, 0.4) is 0 Å². The highest BCUT2D eigenvalue weighted by atomic mass is 16.5. The van der Waals surface area contributed by atoms with Crippen molar-refractivity contribution in [3.05, 3.63) is 35.4 Å². The van der Waals surface area contributed by atoms with Crippen LogP contribution in [-0.4, -0.2) is 73.1 Å². The molecule has 0 N–H and O–H groups in total. The van der Waals surface area contributed by atoms with Crippen LogP contribution < -0.4 is 0 Å². The highest BCUT2D eigenvalue weighted by Crippen LogP contribution is 2.22. The van der Waals surface area contributed by atoms with E-state index in [2.05, 4.69) is 0 Å². The molecule has 3 rings (SSSR count). The summed E-state index contributed by atoms with van der Waals surface area (Å²) in [5, 5.41) is 0. The molecule has 0 radical (unpaired) electrons. The van der Waals surface area contributed by atoms with Crippen molar-refractivity contribution >= 4 is 17.8 Å². The predicted molar refractivity (Wildman–Crippen MR) is 103 cm³/mol. The molecule has 0 aliphatic carbocycles. The molecule has 7 nitrogen and oxygen atoms in total. The summed E-state index contributed by atoms with van der Waals surface area (Å²) in [5.74, 6) is -0.803. The van der Waals surface area contributed by atoms with Gasteiger partial charge in [0.2, 0.25) is 0 Å². The van der Waals surface area contributed by atoms with E-state index in [1.54, 1.807) is 16.7 Å². The first-order valence-electron chi connectivity index (χ1n) is 9.89. The third-order valence-corrected chi connectivity index (χ3v) is 5.45. The van der Waals surface area contributed by atoms with Crippen molar-refractivity contribution in [2.45, 2.75) is 32.8 Å². The molecule has 2 saturated heterocycles. The first-order chi connectivity index (χ1) is 13.5. The Bertz CT molecular complexity index is 721. The zero-order valence-corrected chi connectivity index (χ0v) is 16.6. The fourth-order valence-electron chi connectivity index (χ4n) is 3.66. The summed E-state index contributed by atoms with van der Waals surface area (Å²) in [6.45, 7) is 6.65. The van der Waals surface area contributed by atoms with Gasteiger partial charge in [0.25, 0.3) is 11.8 Å². The summed E-state index contributed by atoms with van der Waals surface area (Å²) >= 11 is 0. The van der Waals surface area contributed by atoms with Crippen LogP contribution in [0.25, 0.3) is 0 Å². The van der Waals surface area contributed by atoms with E-state index in [1.807, 2.05) is 31.2 Å². The van der Waals surface area contributed by atoms with Crippen LogP contribution in [0.5, 0.6) is 0 Å². The molecule has 2 aliphatic heterocycles. The number of rotatable bonds is 4. The molecule has 0 spiro atoms. The van der Waals surface area contributed by atoms with E-state index in [4.69, 9.17) is 9.47 Å². The molecule has 0 aromatic heterocycles. The third kappa shape index (κ3) is 4.70. The standard InChI is InChI=1S/C21H28N2O5/c1-15-5-3-4-6-18(15)20(25)22-9-7-17(8-10-22)21(26)28-16(2)19(24)23-11-13-27-14-12-23/h3-6,16-17H,7-14H2,1-2H3/t16-/m1/s1. The molecular formula is C21H28N2O5. The van der Waals surface area contributed by atoms with Crippen molar-refractivity contribution in [2.75, 3.05) is 39.4 Å². The van der Waals surface area contributed by atoms with Gasteiger partial charge in [-0.2, -0.15) is 0 Å². The lowest BCUT2D eigenvalue weighted by Gasteiger charge is -2.32. The topological polar surface area (TPSA) is 76.2 Å². The minimum atomic E-state index is -0.794. The van der Waals surface area contributed by atoms with Gasteiger partial charge in [-0.05, 0) is 38.3 Å². The minimum absolute atomic E-state index is 0.000723. The van der Waals surface area contributed by atoms with Crippen LogP contribution in [0.2, 0.25) is 0 Å². The predicted octanol–water partition coefficient (Wildman–Crippen LogP) is 1.64. The summed E-state index contributed by atoms with van der Waals surface area (Å²) in [7, 11) is 0. The Morgan fingerprint density at radius 3 is 2.32 bits per heavy atom. The molecule has 1 aromatic rings. The first kappa shape index (κ1) is 20.3. The molecule has 0 saturated carbocycles. The number of aryl methyl sites for hydroxylation is 1. The Labute approximate surface area is 165 Å². The van der Waals surface area contributed by atoms with Crippen LogP contribution in [0.1, 0.15) is 35.7 Å². The normalized spacial score (nSPS) is 19.2. The van der Waals surface area contributed by atoms with Gasteiger partial charge in [-0.3, -0.25) is 14.4 Å². The highest BCUT2D eigenvalue weighted by molar-refractivity contribution is 5.95. The molecule has 0 bridgehead atoms. The fraction of sp³-hybridized carbons (Fsp3) is 0.571. The lowest BCUT2D eigenvalue weighted by molar-refractivity contribution is -0.165. The average molecular weight is 388 g/mol. The number of benzene rings is 1. The number of ether oxygens (including phenoxy) is 2. The number of carbonyl (C=O) groups is 3. The number of carbonyl (C=O) groups excluding carboxylic acids is 3. The van der Waals surface area contributed by atoms with Crippen molar-refractivity contribution in [1.29, 1.82) is 0 Å². The van der Waals surface area contributed by atoms with Gasteiger partial charge in [-0.15, -0.1) is 0 Å². The third-order valence-electron chi connectivity index (χ3n) is 5.45. The zero-order valence-electron chi connectivity index (χ0n) is 16.6. The number of morpholine rings is 1. The molecule has 1 atom stereocenters. The van der Waals surface area contributed by atoms with E-state index in [0.717, 1.165) is 5.56 Å². The quantitative estimate of drug-likeness (QED) is 0.733. The lowest BCUT2D eigenvalue weighted by atomic mass is 9.96. The van der Waals surface area contributed by atoms with E-state index in [-0.39, 0.29) is 23.7 Å². The van der Waals surface area contributed by atoms with Gasteiger partial charge in [-0.1, -0.05) is 18.2 Å². The van der Waals surface area contributed by atoms with Crippen LogP contribution in [0.4, 0.5) is 0 Å². The van der Waals surface area contributed by atoms with Crippen LogP contribution in [0, 0.1) is 12.8 Å². The molecule has 152 valence electrons. The Balaban J connectivity index is 1.49. The monoisotopic (exact) mass is 388 g/mol. The number of amides is 2. The van der Waals surface area contributed by atoms with Crippen molar-refractivity contribution in [3.63, 3.8) is 0 Å². The molecule has 7 heteroatoms. The number of nitrogens with zero attached hydrogens (tertiary/aromatic N) is 2. The molecule has 2 aliphatic rings. The molecule has 2 fully saturated rings.